The summed E-state index contributed by atoms with van der Waals surface area (Å²) in [4.78, 5) is 24.1. The highest BCUT2D eigenvalue weighted by atomic mass is 19.1. The van der Waals surface area contributed by atoms with Gasteiger partial charge in [0.05, 0.1) is 6.54 Å². The fraction of sp³-hybridized carbons (Fsp3) is 0.150. The van der Waals surface area contributed by atoms with Crippen LogP contribution >= 0.6 is 0 Å². The Kier molecular flexibility index (Phi) is 4.31. The summed E-state index contributed by atoms with van der Waals surface area (Å²) in [5, 5.41) is 14.3. The third-order valence-electron chi connectivity index (χ3n) is 4.58. The smallest absolute Gasteiger partial charge is 0.441 e. The number of benzene rings is 2. The predicted molar refractivity (Wildman–Crippen MR) is 98.0 cm³/mol. The molecule has 2 heterocycles. The summed E-state index contributed by atoms with van der Waals surface area (Å²) < 4.78 is 24.4. The van der Waals surface area contributed by atoms with E-state index in [1.165, 1.54) is 28.8 Å². The molecule has 0 aliphatic heterocycles. The molecule has 0 aliphatic carbocycles. The average Bonchev–Trinajstić information content (AvgIpc) is 3.00. The minimum Gasteiger partial charge on any atom is -0.508 e. The second-order valence-corrected chi connectivity index (χ2v) is 6.43. The number of aromatic nitrogens is 2. The van der Waals surface area contributed by atoms with Gasteiger partial charge in [0.2, 0.25) is 0 Å². The molecule has 1 N–H and O–H groups in total. The summed E-state index contributed by atoms with van der Waals surface area (Å²) >= 11 is 0. The Labute approximate surface area is 157 Å². The van der Waals surface area contributed by atoms with Gasteiger partial charge >= 0.3 is 11.4 Å². The molecule has 0 atom stereocenters. The van der Waals surface area contributed by atoms with Crippen molar-refractivity contribution in [2.75, 3.05) is 0 Å². The average molecular weight is 382 g/mol. The summed E-state index contributed by atoms with van der Waals surface area (Å²) in [6.45, 7) is 1.67. The molecule has 0 bridgehead atoms. The van der Waals surface area contributed by atoms with Crippen molar-refractivity contribution in [3.8, 4) is 5.75 Å². The van der Waals surface area contributed by atoms with E-state index >= 15 is 0 Å². The van der Waals surface area contributed by atoms with E-state index in [9.17, 15) is 19.1 Å². The molecule has 0 fully saturated rings. The van der Waals surface area contributed by atoms with E-state index in [0.717, 1.165) is 5.56 Å². The van der Waals surface area contributed by atoms with Crippen molar-refractivity contribution in [3.63, 3.8) is 0 Å². The van der Waals surface area contributed by atoms with Crippen molar-refractivity contribution in [3.05, 3.63) is 91.8 Å². The lowest BCUT2D eigenvalue weighted by Crippen LogP contribution is -2.19. The SMILES string of the molecule is Cc1c(O)ccc2c(Cn3c(Cc4ccc(F)cc4)noc3=O)cc(=O)oc12. The number of hydrogen-bond acceptors (Lipinski definition) is 6. The topological polar surface area (TPSA) is 98.5 Å². The van der Waals surface area contributed by atoms with Gasteiger partial charge in [0.25, 0.3) is 0 Å². The van der Waals surface area contributed by atoms with Crippen molar-refractivity contribution in [1.82, 2.24) is 9.72 Å². The number of aryl methyl sites for hydroxylation is 1. The van der Waals surface area contributed by atoms with E-state index in [0.29, 0.717) is 22.3 Å². The number of aromatic hydroxyl groups is 1. The Bertz CT molecular complexity index is 1280. The van der Waals surface area contributed by atoms with Crippen molar-refractivity contribution in [1.29, 1.82) is 0 Å². The highest BCUT2D eigenvalue weighted by molar-refractivity contribution is 5.84. The fourth-order valence-corrected chi connectivity index (χ4v) is 3.08. The fourth-order valence-electron chi connectivity index (χ4n) is 3.08. The van der Waals surface area contributed by atoms with Gasteiger partial charge in [-0.1, -0.05) is 17.3 Å². The molecule has 4 rings (SSSR count). The first-order valence-corrected chi connectivity index (χ1v) is 8.47. The lowest BCUT2D eigenvalue weighted by Gasteiger charge is -2.09. The van der Waals surface area contributed by atoms with Gasteiger partial charge in [-0.2, -0.15) is 0 Å². The molecule has 142 valence electrons. The standard InChI is InChI=1S/C20H15FN2O5/c1-11-16(24)7-6-15-13(9-18(25)27-19(11)15)10-23-17(22-28-20(23)26)8-12-2-4-14(21)5-3-12/h2-7,9,24H,8,10H2,1H3. The molecule has 0 aliphatic rings. The van der Waals surface area contributed by atoms with Gasteiger partial charge < -0.3 is 9.52 Å². The predicted octanol–water partition coefficient (Wildman–Crippen LogP) is 2.73. The molecule has 8 heteroatoms. The normalized spacial score (nSPS) is 11.2. The number of phenolic OH excluding ortho intramolecular Hbond substituents is 1. The zero-order chi connectivity index (χ0) is 19.8. The van der Waals surface area contributed by atoms with E-state index in [2.05, 4.69) is 5.16 Å². The lowest BCUT2D eigenvalue weighted by atomic mass is 10.1. The second kappa shape index (κ2) is 6.80. The van der Waals surface area contributed by atoms with E-state index in [-0.39, 0.29) is 30.1 Å². The van der Waals surface area contributed by atoms with Gasteiger partial charge in [-0.3, -0.25) is 9.09 Å². The Morgan fingerprint density at radius 3 is 2.64 bits per heavy atom. The van der Waals surface area contributed by atoms with Crippen LogP contribution in [0.15, 0.2) is 61.0 Å². The monoisotopic (exact) mass is 382 g/mol. The van der Waals surface area contributed by atoms with Crippen LogP contribution in [0, 0.1) is 12.7 Å². The first kappa shape index (κ1) is 17.7. The van der Waals surface area contributed by atoms with E-state index in [1.54, 1.807) is 25.1 Å². The third kappa shape index (κ3) is 3.20. The Balaban J connectivity index is 1.77. The Morgan fingerprint density at radius 2 is 1.89 bits per heavy atom. The molecular weight excluding hydrogens is 367 g/mol. The van der Waals surface area contributed by atoms with Gasteiger partial charge in [-0.15, -0.1) is 0 Å². The number of nitrogens with zero attached hydrogens (tertiary/aromatic N) is 2. The van der Waals surface area contributed by atoms with Crippen LogP contribution in [0.25, 0.3) is 11.0 Å². The summed E-state index contributed by atoms with van der Waals surface area (Å²) in [5.41, 5.74) is 1.37. The van der Waals surface area contributed by atoms with Crippen LogP contribution in [0.4, 0.5) is 4.39 Å². The molecule has 2 aromatic carbocycles. The molecule has 0 amide bonds. The maximum atomic E-state index is 13.1. The maximum absolute atomic E-state index is 13.1. The van der Waals surface area contributed by atoms with Crippen LogP contribution in [-0.4, -0.2) is 14.8 Å². The zero-order valence-corrected chi connectivity index (χ0v) is 14.8. The quantitative estimate of drug-likeness (QED) is 0.545. The number of halogens is 1. The summed E-state index contributed by atoms with van der Waals surface area (Å²) in [6, 6.07) is 10.2. The number of hydrogen-bond donors (Lipinski definition) is 1. The van der Waals surface area contributed by atoms with E-state index < -0.39 is 11.4 Å². The van der Waals surface area contributed by atoms with Crippen molar-refractivity contribution in [2.24, 2.45) is 0 Å². The van der Waals surface area contributed by atoms with E-state index in [1.807, 2.05) is 0 Å². The molecule has 0 radical (unpaired) electrons. The minimum absolute atomic E-state index is 0.00643. The zero-order valence-electron chi connectivity index (χ0n) is 14.8. The van der Waals surface area contributed by atoms with Crippen LogP contribution in [0.5, 0.6) is 5.75 Å². The Hall–Kier alpha value is -3.68. The van der Waals surface area contributed by atoms with Crippen LogP contribution in [0.2, 0.25) is 0 Å². The first-order chi connectivity index (χ1) is 13.4. The van der Waals surface area contributed by atoms with Gasteiger partial charge in [0.15, 0.2) is 5.82 Å². The van der Waals surface area contributed by atoms with Crippen LogP contribution in [0.1, 0.15) is 22.5 Å². The number of phenols is 1. The second-order valence-electron chi connectivity index (χ2n) is 6.43. The van der Waals surface area contributed by atoms with Gasteiger partial charge in [-0.25, -0.2) is 14.0 Å². The molecule has 0 saturated heterocycles. The molecule has 4 aromatic rings. The van der Waals surface area contributed by atoms with Crippen molar-refractivity contribution in [2.45, 2.75) is 19.9 Å². The molecule has 0 saturated carbocycles. The van der Waals surface area contributed by atoms with E-state index in [4.69, 9.17) is 8.94 Å². The molecule has 28 heavy (non-hydrogen) atoms. The summed E-state index contributed by atoms with van der Waals surface area (Å²) in [7, 11) is 0. The highest BCUT2D eigenvalue weighted by Gasteiger charge is 2.16. The van der Waals surface area contributed by atoms with Crippen LogP contribution in [-0.2, 0) is 13.0 Å². The van der Waals surface area contributed by atoms with Crippen molar-refractivity contribution >= 4 is 11.0 Å². The molecule has 0 spiro atoms. The largest absolute Gasteiger partial charge is 0.508 e. The molecule has 7 nitrogen and oxygen atoms in total. The highest BCUT2D eigenvalue weighted by Crippen LogP contribution is 2.27. The Morgan fingerprint density at radius 1 is 1.14 bits per heavy atom. The molecule has 0 unspecified atom stereocenters. The molecular formula is C20H15FN2O5. The number of fused-ring (bicyclic) bond motifs is 1. The third-order valence-corrected chi connectivity index (χ3v) is 4.58. The maximum Gasteiger partial charge on any atom is 0.441 e. The van der Waals surface area contributed by atoms with Crippen LogP contribution < -0.4 is 11.4 Å². The summed E-state index contributed by atoms with van der Waals surface area (Å²) in [6.07, 6.45) is 0.255. The van der Waals surface area contributed by atoms with Gasteiger partial charge in [0, 0.05) is 23.4 Å². The number of rotatable bonds is 4. The van der Waals surface area contributed by atoms with Crippen LogP contribution in [0.3, 0.4) is 0 Å². The lowest BCUT2D eigenvalue weighted by molar-refractivity contribution is 0.375. The minimum atomic E-state index is -0.672. The van der Waals surface area contributed by atoms with Gasteiger partial charge in [-0.05, 0) is 42.3 Å². The first-order valence-electron chi connectivity index (χ1n) is 8.47. The molecule has 2 aromatic heterocycles. The van der Waals surface area contributed by atoms with Crippen molar-refractivity contribution < 1.29 is 18.4 Å². The summed E-state index contributed by atoms with van der Waals surface area (Å²) in [5.74, 6) is -0.683. The van der Waals surface area contributed by atoms with Gasteiger partial charge in [0.1, 0.15) is 17.1 Å².